The van der Waals surface area contributed by atoms with Gasteiger partial charge in [0.15, 0.2) is 36.6 Å². The summed E-state index contributed by atoms with van der Waals surface area (Å²) in [6.45, 7) is 5.62. The molecule has 3 aliphatic heterocycles. The fourth-order valence-corrected chi connectivity index (χ4v) is 5.68. The van der Waals surface area contributed by atoms with Gasteiger partial charge in [0.2, 0.25) is 11.6 Å². The van der Waals surface area contributed by atoms with Gasteiger partial charge in [0.05, 0.1) is 0 Å². The van der Waals surface area contributed by atoms with Gasteiger partial charge in [-0.2, -0.15) is 0 Å². The number of hydrogen-bond acceptors (Lipinski definition) is 20. The molecule has 0 bridgehead atoms. The van der Waals surface area contributed by atoms with Crippen LogP contribution in [0.5, 0.6) is 0 Å². The monoisotopic (exact) mass is 720 g/mol. The van der Waals surface area contributed by atoms with Gasteiger partial charge in [-0.3, -0.25) is 38.4 Å². The zero-order chi connectivity index (χ0) is 37.6. The molecule has 0 aliphatic carbocycles. The van der Waals surface area contributed by atoms with E-state index in [1.165, 1.54) is 0 Å². The first-order valence-corrected chi connectivity index (χ1v) is 15.2. The summed E-state index contributed by atoms with van der Waals surface area (Å²) in [6.07, 6.45) is -12.6. The van der Waals surface area contributed by atoms with E-state index in [0.29, 0.717) is 0 Å². The molecular formula is C30H40O20. The normalized spacial score (nSPS) is 33.3. The number of rotatable bonds is 10. The zero-order valence-corrected chi connectivity index (χ0v) is 28.6. The summed E-state index contributed by atoms with van der Waals surface area (Å²) in [5.41, 5.74) is 0. The van der Waals surface area contributed by atoms with Crippen LogP contribution in [0.3, 0.4) is 0 Å². The molecule has 20 heteroatoms. The fourth-order valence-electron chi connectivity index (χ4n) is 5.68. The van der Waals surface area contributed by atoms with Crippen LogP contribution >= 0.6 is 0 Å². The Morgan fingerprint density at radius 2 is 0.720 bits per heavy atom. The molecule has 0 amide bonds. The summed E-state index contributed by atoms with van der Waals surface area (Å²) in [4.78, 5) is 97.2. The minimum absolute atomic E-state index is 0.580. The van der Waals surface area contributed by atoms with Gasteiger partial charge in [0.1, 0.15) is 38.6 Å². The second-order valence-electron chi connectivity index (χ2n) is 11.5. The SMILES string of the molecule is CC(=O)OC[C@H]1O[C@@]2(CO[C@@]3(CO2)O[C@H](COC(C)=O)[C@@H](OC(C)=O)[C@H](OC(C)=O)[C@@H]3OC(C)=O)[C@@H](OC(C)=O)[C@@H](OC(C)=O)[C@@H]1OC(C)=O. The van der Waals surface area contributed by atoms with Crippen LogP contribution in [-0.2, 0) is 95.2 Å². The Hall–Kier alpha value is -4.40. The van der Waals surface area contributed by atoms with Gasteiger partial charge >= 0.3 is 47.8 Å². The largest absolute Gasteiger partial charge is 0.463 e. The van der Waals surface area contributed by atoms with Gasteiger partial charge in [0, 0.05) is 55.4 Å². The van der Waals surface area contributed by atoms with Crippen LogP contribution in [0.15, 0.2) is 0 Å². The molecule has 0 aromatic heterocycles. The van der Waals surface area contributed by atoms with Gasteiger partial charge in [-0.05, 0) is 0 Å². The van der Waals surface area contributed by atoms with Crippen molar-refractivity contribution in [2.75, 3.05) is 26.4 Å². The zero-order valence-electron chi connectivity index (χ0n) is 28.6. The molecule has 0 unspecified atom stereocenters. The van der Waals surface area contributed by atoms with Crippen molar-refractivity contribution in [3.8, 4) is 0 Å². The molecule has 0 aromatic carbocycles. The van der Waals surface area contributed by atoms with Crippen molar-refractivity contribution in [3.63, 3.8) is 0 Å². The van der Waals surface area contributed by atoms with Crippen molar-refractivity contribution < 1.29 is 95.2 Å². The molecule has 3 fully saturated rings. The Morgan fingerprint density at radius 1 is 0.440 bits per heavy atom. The van der Waals surface area contributed by atoms with Crippen LogP contribution in [0.2, 0.25) is 0 Å². The molecule has 3 heterocycles. The van der Waals surface area contributed by atoms with Crippen molar-refractivity contribution in [3.05, 3.63) is 0 Å². The van der Waals surface area contributed by atoms with Gasteiger partial charge in [0.25, 0.3) is 0 Å². The van der Waals surface area contributed by atoms with E-state index in [1.54, 1.807) is 0 Å². The summed E-state index contributed by atoms with van der Waals surface area (Å²) in [7, 11) is 0. The molecular weight excluding hydrogens is 680 g/mol. The first-order valence-electron chi connectivity index (χ1n) is 15.2. The number of carbonyl (C=O) groups excluding carboxylic acids is 8. The maximum Gasteiger partial charge on any atom is 0.303 e. The van der Waals surface area contributed by atoms with Crippen LogP contribution in [-0.4, -0.2) is 135 Å². The maximum absolute atomic E-state index is 12.4. The lowest BCUT2D eigenvalue weighted by molar-refractivity contribution is -0.466. The Bertz CT molecular complexity index is 1230. The van der Waals surface area contributed by atoms with Crippen molar-refractivity contribution in [1.29, 1.82) is 0 Å². The molecule has 50 heavy (non-hydrogen) atoms. The second kappa shape index (κ2) is 16.5. The van der Waals surface area contributed by atoms with E-state index in [-0.39, 0.29) is 0 Å². The van der Waals surface area contributed by atoms with Crippen LogP contribution < -0.4 is 0 Å². The van der Waals surface area contributed by atoms with Crippen molar-refractivity contribution in [2.45, 2.75) is 116 Å². The molecule has 0 N–H and O–H groups in total. The van der Waals surface area contributed by atoms with E-state index in [0.717, 1.165) is 55.4 Å². The third kappa shape index (κ3) is 9.86. The van der Waals surface area contributed by atoms with Gasteiger partial charge < -0.3 is 56.8 Å². The summed E-state index contributed by atoms with van der Waals surface area (Å²) >= 11 is 0. The molecule has 3 aliphatic rings. The third-order valence-electron chi connectivity index (χ3n) is 7.28. The number of carbonyl (C=O) groups is 8. The molecule has 0 radical (unpaired) electrons. The molecule has 3 saturated heterocycles. The summed E-state index contributed by atoms with van der Waals surface area (Å²) < 4.78 is 67.7. The summed E-state index contributed by atoms with van der Waals surface area (Å²) in [5.74, 6) is -11.4. The molecule has 0 aromatic rings. The van der Waals surface area contributed by atoms with E-state index in [9.17, 15) is 38.4 Å². The van der Waals surface area contributed by atoms with Crippen molar-refractivity contribution in [2.24, 2.45) is 0 Å². The van der Waals surface area contributed by atoms with Crippen molar-refractivity contribution in [1.82, 2.24) is 0 Å². The van der Waals surface area contributed by atoms with Crippen LogP contribution in [0, 0.1) is 0 Å². The van der Waals surface area contributed by atoms with Gasteiger partial charge in [-0.15, -0.1) is 0 Å². The summed E-state index contributed by atoms with van der Waals surface area (Å²) in [5, 5.41) is 0. The minimum Gasteiger partial charge on any atom is -0.463 e. The van der Waals surface area contributed by atoms with Gasteiger partial charge in [-0.25, -0.2) is 0 Å². The standard InChI is InChI=1S/C30H40O20/c1-13(31)39-9-21-23(43-15(3)33)25(45-17(5)35)27(47-19(7)37)29(49-21)11-42-30(12-41-29)28(48-20(8)38)26(46-18(6)36)24(44-16(4)34)22(50-30)10-40-14(2)32/h21-28H,9-12H2,1-8H3/t21-,22-,23-,24-,25+,26+,27+,28+,29+,30+/m1/s1. The molecule has 3 rings (SSSR count). The predicted molar refractivity (Wildman–Crippen MR) is 154 cm³/mol. The Balaban J connectivity index is 2.15. The van der Waals surface area contributed by atoms with Crippen LogP contribution in [0.25, 0.3) is 0 Å². The third-order valence-corrected chi connectivity index (χ3v) is 7.28. The average molecular weight is 721 g/mol. The van der Waals surface area contributed by atoms with E-state index in [1.807, 2.05) is 0 Å². The Labute approximate surface area is 285 Å². The van der Waals surface area contributed by atoms with E-state index >= 15 is 0 Å². The van der Waals surface area contributed by atoms with Crippen LogP contribution in [0.4, 0.5) is 0 Å². The quantitative estimate of drug-likeness (QED) is 0.193. The topological polar surface area (TPSA) is 247 Å². The Morgan fingerprint density at radius 3 is 0.960 bits per heavy atom. The van der Waals surface area contributed by atoms with E-state index in [4.69, 9.17) is 56.8 Å². The number of hydrogen-bond donors (Lipinski definition) is 0. The molecule has 10 atom stereocenters. The molecule has 20 nitrogen and oxygen atoms in total. The van der Waals surface area contributed by atoms with E-state index < -0.39 is 135 Å². The highest BCUT2D eigenvalue weighted by atomic mass is 16.8. The highest BCUT2D eigenvalue weighted by Crippen LogP contribution is 2.45. The van der Waals surface area contributed by atoms with Gasteiger partial charge in [-0.1, -0.05) is 0 Å². The first-order chi connectivity index (χ1) is 23.3. The number of esters is 8. The maximum atomic E-state index is 12.4. The first kappa shape index (κ1) is 40.0. The van der Waals surface area contributed by atoms with Crippen molar-refractivity contribution >= 4 is 47.8 Å². The lowest BCUT2D eigenvalue weighted by Gasteiger charge is -2.57. The highest BCUT2D eigenvalue weighted by molar-refractivity contribution is 5.70. The minimum atomic E-state index is -2.24. The smallest absolute Gasteiger partial charge is 0.303 e. The lowest BCUT2D eigenvalue weighted by Crippen LogP contribution is -2.77. The highest BCUT2D eigenvalue weighted by Gasteiger charge is 2.69. The average Bonchev–Trinajstić information content (AvgIpc) is 2.98. The lowest BCUT2D eigenvalue weighted by atomic mass is 9.88. The fraction of sp³-hybridized carbons (Fsp3) is 0.733. The van der Waals surface area contributed by atoms with Crippen LogP contribution in [0.1, 0.15) is 55.4 Å². The Kier molecular flexibility index (Phi) is 13.2. The number of ether oxygens (including phenoxy) is 12. The second-order valence-corrected chi connectivity index (χ2v) is 11.5. The summed E-state index contributed by atoms with van der Waals surface area (Å²) in [6, 6.07) is 0. The van der Waals surface area contributed by atoms with E-state index in [2.05, 4.69) is 0 Å². The molecule has 2 spiro atoms. The molecule has 0 saturated carbocycles. The molecule has 280 valence electrons. The predicted octanol–water partition coefficient (Wildman–Crippen LogP) is -1.06.